The van der Waals surface area contributed by atoms with Crippen LogP contribution in [0.15, 0.2) is 47.4 Å². The Morgan fingerprint density at radius 3 is 2.25 bits per heavy atom. The number of hydrogen-bond donors (Lipinski definition) is 0. The van der Waals surface area contributed by atoms with E-state index in [1.165, 1.54) is 69.5 Å². The molecule has 1 aliphatic heterocycles. The van der Waals surface area contributed by atoms with E-state index in [0.29, 0.717) is 17.7 Å². The summed E-state index contributed by atoms with van der Waals surface area (Å²) in [4.78, 5) is 14.6. The third-order valence-corrected chi connectivity index (χ3v) is 8.78. The van der Waals surface area contributed by atoms with Gasteiger partial charge in [-0.15, -0.1) is 0 Å². The molecule has 32 heavy (non-hydrogen) atoms. The van der Waals surface area contributed by atoms with Gasteiger partial charge in [0, 0.05) is 40.4 Å². The van der Waals surface area contributed by atoms with Crippen molar-refractivity contribution in [1.29, 1.82) is 0 Å². The van der Waals surface area contributed by atoms with E-state index in [1.54, 1.807) is 0 Å². The summed E-state index contributed by atoms with van der Waals surface area (Å²) in [6.07, 6.45) is 0.415. The van der Waals surface area contributed by atoms with Crippen molar-refractivity contribution in [3.05, 3.63) is 53.8 Å². The van der Waals surface area contributed by atoms with Gasteiger partial charge in [-0.2, -0.15) is 12.7 Å². The van der Waals surface area contributed by atoms with Crippen LogP contribution in [0.5, 0.6) is 0 Å². The van der Waals surface area contributed by atoms with Gasteiger partial charge < -0.3 is 4.90 Å². The zero-order valence-electron chi connectivity index (χ0n) is 18.2. The SMILES string of the molecule is CN(C)S(=O)(=O)c1ccc2c(c1)CCN2C(=O)CN(c1ccccc1F)S(=O)(=O)N(C)C. The Morgan fingerprint density at radius 2 is 1.66 bits per heavy atom. The second kappa shape index (κ2) is 8.77. The maximum Gasteiger partial charge on any atom is 0.304 e. The monoisotopic (exact) mass is 484 g/mol. The predicted molar refractivity (Wildman–Crippen MR) is 120 cm³/mol. The molecule has 0 saturated carbocycles. The fourth-order valence-corrected chi connectivity index (χ4v) is 5.38. The van der Waals surface area contributed by atoms with Crippen LogP contribution in [0.2, 0.25) is 0 Å². The van der Waals surface area contributed by atoms with Crippen LogP contribution in [-0.4, -0.2) is 72.6 Å². The predicted octanol–water partition coefficient (Wildman–Crippen LogP) is 1.28. The van der Waals surface area contributed by atoms with Crippen molar-refractivity contribution in [3.8, 4) is 0 Å². The highest BCUT2D eigenvalue weighted by molar-refractivity contribution is 7.90. The van der Waals surface area contributed by atoms with Gasteiger partial charge in [0.2, 0.25) is 15.9 Å². The van der Waals surface area contributed by atoms with Gasteiger partial charge >= 0.3 is 10.2 Å². The van der Waals surface area contributed by atoms with Crippen LogP contribution in [0.1, 0.15) is 5.56 Å². The minimum absolute atomic E-state index is 0.110. The number of hydrogen-bond acceptors (Lipinski definition) is 5. The van der Waals surface area contributed by atoms with E-state index in [4.69, 9.17) is 0 Å². The van der Waals surface area contributed by atoms with Gasteiger partial charge in [0.15, 0.2) is 0 Å². The minimum Gasteiger partial charge on any atom is -0.310 e. The Morgan fingerprint density at radius 1 is 1.00 bits per heavy atom. The first-order valence-electron chi connectivity index (χ1n) is 9.68. The Balaban J connectivity index is 1.94. The van der Waals surface area contributed by atoms with Crippen molar-refractivity contribution in [2.75, 3.05) is 50.5 Å². The van der Waals surface area contributed by atoms with Crippen LogP contribution in [0.25, 0.3) is 0 Å². The lowest BCUT2D eigenvalue weighted by Crippen LogP contribution is -2.47. The molecule has 1 heterocycles. The molecule has 0 saturated heterocycles. The van der Waals surface area contributed by atoms with Crippen molar-refractivity contribution in [2.24, 2.45) is 0 Å². The molecule has 0 radical (unpaired) electrons. The van der Waals surface area contributed by atoms with Crippen LogP contribution in [0, 0.1) is 5.82 Å². The minimum atomic E-state index is -4.16. The maximum atomic E-state index is 14.4. The summed E-state index contributed by atoms with van der Waals surface area (Å²) in [6, 6.07) is 9.78. The summed E-state index contributed by atoms with van der Waals surface area (Å²) in [5.41, 5.74) is 0.930. The van der Waals surface area contributed by atoms with Crippen molar-refractivity contribution < 1.29 is 26.0 Å². The number of para-hydroxylation sites is 1. The highest BCUT2D eigenvalue weighted by Crippen LogP contribution is 2.32. The number of amides is 1. The molecule has 0 N–H and O–H groups in total. The summed E-state index contributed by atoms with van der Waals surface area (Å²) < 4.78 is 67.6. The van der Waals surface area contributed by atoms with Crippen molar-refractivity contribution >= 4 is 37.5 Å². The second-order valence-electron chi connectivity index (χ2n) is 7.62. The quantitative estimate of drug-likeness (QED) is 0.590. The van der Waals surface area contributed by atoms with E-state index in [-0.39, 0.29) is 17.1 Å². The molecule has 0 bridgehead atoms. The zero-order valence-corrected chi connectivity index (χ0v) is 19.8. The van der Waals surface area contributed by atoms with Crippen molar-refractivity contribution in [1.82, 2.24) is 8.61 Å². The number of rotatable bonds is 7. The number of carbonyl (C=O) groups is 1. The van der Waals surface area contributed by atoms with Crippen LogP contribution in [-0.2, 0) is 31.4 Å². The lowest BCUT2D eigenvalue weighted by molar-refractivity contribution is -0.117. The average molecular weight is 485 g/mol. The van der Waals surface area contributed by atoms with E-state index in [1.807, 2.05) is 0 Å². The van der Waals surface area contributed by atoms with Gasteiger partial charge in [0.1, 0.15) is 12.4 Å². The first-order chi connectivity index (χ1) is 14.9. The average Bonchev–Trinajstić information content (AvgIpc) is 3.15. The molecule has 2 aromatic carbocycles. The molecular weight excluding hydrogens is 459 g/mol. The normalized spacial score (nSPS) is 14.2. The van der Waals surface area contributed by atoms with Gasteiger partial charge in [-0.05, 0) is 42.3 Å². The van der Waals surface area contributed by atoms with Gasteiger partial charge in [-0.3, -0.25) is 4.79 Å². The summed E-state index contributed by atoms with van der Waals surface area (Å²) in [5.74, 6) is -1.33. The summed E-state index contributed by atoms with van der Waals surface area (Å²) in [7, 11) is -2.33. The van der Waals surface area contributed by atoms with E-state index in [0.717, 1.165) is 19.0 Å². The van der Waals surface area contributed by atoms with Crippen LogP contribution < -0.4 is 9.21 Å². The van der Waals surface area contributed by atoms with E-state index in [2.05, 4.69) is 0 Å². The lowest BCUT2D eigenvalue weighted by Gasteiger charge is -2.29. The molecule has 0 fully saturated rings. The summed E-state index contributed by atoms with van der Waals surface area (Å²) in [5, 5.41) is 0. The highest BCUT2D eigenvalue weighted by Gasteiger charge is 2.33. The van der Waals surface area contributed by atoms with Gasteiger partial charge in [-0.1, -0.05) is 12.1 Å². The maximum absolute atomic E-state index is 14.4. The van der Waals surface area contributed by atoms with Crippen molar-refractivity contribution in [2.45, 2.75) is 11.3 Å². The van der Waals surface area contributed by atoms with Crippen LogP contribution in [0.4, 0.5) is 15.8 Å². The van der Waals surface area contributed by atoms with E-state index >= 15 is 0 Å². The molecule has 1 aliphatic rings. The van der Waals surface area contributed by atoms with Crippen LogP contribution in [0.3, 0.4) is 0 Å². The molecular formula is C20H25FN4O5S2. The molecule has 0 aliphatic carbocycles. The zero-order chi connectivity index (χ0) is 23.8. The molecule has 12 heteroatoms. The smallest absolute Gasteiger partial charge is 0.304 e. The van der Waals surface area contributed by atoms with Gasteiger partial charge in [0.25, 0.3) is 0 Å². The highest BCUT2D eigenvalue weighted by atomic mass is 32.2. The number of anilines is 2. The third-order valence-electron chi connectivity index (χ3n) is 5.17. The Kier molecular flexibility index (Phi) is 6.61. The lowest BCUT2D eigenvalue weighted by atomic mass is 10.2. The van der Waals surface area contributed by atoms with Gasteiger partial charge in [0.05, 0.1) is 10.6 Å². The topological polar surface area (TPSA) is 98.3 Å². The fraction of sp³-hybridized carbons (Fsp3) is 0.350. The number of sulfonamides is 1. The molecule has 0 atom stereocenters. The summed E-state index contributed by atoms with van der Waals surface area (Å²) in [6.45, 7) is -0.356. The standard InChI is InChI=1S/C20H25FN4O5S2/c1-22(2)31(27,28)16-9-10-18-15(13-16)11-12-24(18)20(26)14-25(32(29,30)23(3)4)19-8-6-5-7-17(19)21/h5-10,13H,11-12,14H2,1-4H3. The number of benzene rings is 2. The van der Waals surface area contributed by atoms with Crippen molar-refractivity contribution in [3.63, 3.8) is 0 Å². The molecule has 1 amide bonds. The molecule has 9 nitrogen and oxygen atoms in total. The number of fused-ring (bicyclic) bond motifs is 1. The molecule has 0 aromatic heterocycles. The third kappa shape index (κ3) is 4.35. The number of halogens is 1. The Labute approximate surface area is 187 Å². The van der Waals surface area contributed by atoms with Crippen LogP contribution >= 0.6 is 0 Å². The Bertz CT molecular complexity index is 1250. The summed E-state index contributed by atoms with van der Waals surface area (Å²) >= 11 is 0. The number of carbonyl (C=O) groups excluding carboxylic acids is 1. The van der Waals surface area contributed by atoms with E-state index < -0.39 is 38.5 Å². The molecule has 0 unspecified atom stereocenters. The first kappa shape index (κ1) is 24.1. The molecule has 3 rings (SSSR count). The first-order valence-corrected chi connectivity index (χ1v) is 12.5. The second-order valence-corrected chi connectivity index (χ2v) is 11.8. The Hall–Kier alpha value is -2.54. The van der Waals surface area contributed by atoms with E-state index in [9.17, 15) is 26.0 Å². The largest absolute Gasteiger partial charge is 0.310 e. The molecule has 0 spiro atoms. The molecule has 174 valence electrons. The van der Waals surface area contributed by atoms with Gasteiger partial charge in [-0.25, -0.2) is 21.4 Å². The molecule has 2 aromatic rings. The fourth-order valence-electron chi connectivity index (χ4n) is 3.36. The number of nitrogens with zero attached hydrogens (tertiary/aromatic N) is 4.